The molecule has 1 aliphatic rings. The number of rotatable bonds is 6. The van der Waals surface area contributed by atoms with Crippen LogP contribution in [0.15, 0.2) is 21.6 Å². The van der Waals surface area contributed by atoms with Crippen LogP contribution in [0.5, 0.6) is 0 Å². The molecular formula is C14H21NO5S. The Labute approximate surface area is 124 Å². The van der Waals surface area contributed by atoms with E-state index in [9.17, 15) is 13.2 Å². The fourth-order valence-corrected chi connectivity index (χ4v) is 3.77. The highest BCUT2D eigenvalue weighted by atomic mass is 32.2. The number of carboxylic acid groups (broad SMARTS) is 1. The molecule has 1 fully saturated rings. The molecule has 0 unspecified atom stereocenters. The van der Waals surface area contributed by atoms with Crippen molar-refractivity contribution in [2.24, 2.45) is 11.8 Å². The van der Waals surface area contributed by atoms with E-state index in [1.54, 1.807) is 0 Å². The molecule has 1 aliphatic carbocycles. The number of carboxylic acids is 1. The molecule has 1 heterocycles. The highest BCUT2D eigenvalue weighted by Gasteiger charge is 2.24. The lowest BCUT2D eigenvalue weighted by Gasteiger charge is -2.27. The van der Waals surface area contributed by atoms with Gasteiger partial charge in [-0.05, 0) is 36.8 Å². The average molecular weight is 315 g/mol. The summed E-state index contributed by atoms with van der Waals surface area (Å²) in [7, 11) is -3.77. The molecule has 0 radical (unpaired) electrons. The minimum atomic E-state index is -3.77. The number of furan rings is 1. The summed E-state index contributed by atoms with van der Waals surface area (Å²) in [4.78, 5) is 10.7. The lowest BCUT2D eigenvalue weighted by Crippen LogP contribution is -2.31. The molecule has 2 rings (SSSR count). The van der Waals surface area contributed by atoms with Crippen LogP contribution in [0.2, 0.25) is 0 Å². The van der Waals surface area contributed by atoms with Gasteiger partial charge in [-0.15, -0.1) is 0 Å². The van der Waals surface area contributed by atoms with Gasteiger partial charge in [0.05, 0.1) is 0 Å². The Morgan fingerprint density at radius 2 is 1.90 bits per heavy atom. The van der Waals surface area contributed by atoms with E-state index in [1.165, 1.54) is 12.5 Å². The molecular weight excluding hydrogens is 294 g/mol. The lowest BCUT2D eigenvalue weighted by molar-refractivity contribution is 0.0656. The molecule has 0 aliphatic heterocycles. The van der Waals surface area contributed by atoms with Crippen molar-refractivity contribution >= 4 is 16.0 Å². The molecule has 0 aromatic carbocycles. The van der Waals surface area contributed by atoms with Gasteiger partial charge in [0.15, 0.2) is 0 Å². The van der Waals surface area contributed by atoms with Crippen molar-refractivity contribution in [2.75, 3.05) is 6.54 Å². The van der Waals surface area contributed by atoms with E-state index < -0.39 is 16.0 Å². The van der Waals surface area contributed by atoms with E-state index in [0.29, 0.717) is 12.5 Å². The Bertz CT molecular complexity index is 584. The molecule has 118 valence electrons. The van der Waals surface area contributed by atoms with Gasteiger partial charge in [-0.1, -0.05) is 26.2 Å². The second-order valence-corrected chi connectivity index (χ2v) is 7.27. The third-order valence-electron chi connectivity index (χ3n) is 4.16. The molecule has 0 bridgehead atoms. The summed E-state index contributed by atoms with van der Waals surface area (Å²) >= 11 is 0. The number of aromatic carboxylic acids is 1. The molecule has 0 spiro atoms. The third kappa shape index (κ3) is 4.07. The van der Waals surface area contributed by atoms with Gasteiger partial charge in [-0.25, -0.2) is 17.9 Å². The zero-order valence-electron chi connectivity index (χ0n) is 12.0. The summed E-state index contributed by atoms with van der Waals surface area (Å²) in [5.74, 6) is -0.550. The molecule has 0 saturated heterocycles. The number of sulfonamides is 1. The predicted molar refractivity (Wildman–Crippen MR) is 76.6 cm³/mol. The zero-order valence-corrected chi connectivity index (χ0v) is 12.9. The van der Waals surface area contributed by atoms with Crippen molar-refractivity contribution in [3.05, 3.63) is 17.9 Å². The van der Waals surface area contributed by atoms with Gasteiger partial charge in [0.25, 0.3) is 10.0 Å². The summed E-state index contributed by atoms with van der Waals surface area (Å²) in [6.45, 7) is 2.56. The first kappa shape index (κ1) is 16.0. The fraction of sp³-hybridized carbons (Fsp3) is 0.643. The van der Waals surface area contributed by atoms with E-state index in [-0.39, 0.29) is 10.9 Å². The number of carbonyl (C=O) groups is 1. The van der Waals surface area contributed by atoms with E-state index in [4.69, 9.17) is 9.52 Å². The van der Waals surface area contributed by atoms with E-state index in [2.05, 4.69) is 11.6 Å². The van der Waals surface area contributed by atoms with E-state index >= 15 is 0 Å². The van der Waals surface area contributed by atoms with Crippen molar-refractivity contribution in [2.45, 2.75) is 44.1 Å². The number of hydrogen-bond donors (Lipinski definition) is 2. The first-order valence-corrected chi connectivity index (χ1v) is 8.73. The van der Waals surface area contributed by atoms with Gasteiger partial charge in [-0.2, -0.15) is 0 Å². The predicted octanol–water partition coefficient (Wildman–Crippen LogP) is 2.47. The van der Waals surface area contributed by atoms with Crippen molar-refractivity contribution < 1.29 is 22.7 Å². The number of nitrogens with one attached hydrogen (secondary N) is 1. The highest BCUT2D eigenvalue weighted by Crippen LogP contribution is 2.30. The fourth-order valence-electron chi connectivity index (χ4n) is 2.72. The van der Waals surface area contributed by atoms with Crippen LogP contribution in [-0.2, 0) is 10.0 Å². The van der Waals surface area contributed by atoms with Crippen LogP contribution in [0, 0.1) is 11.8 Å². The van der Waals surface area contributed by atoms with Crippen molar-refractivity contribution in [3.8, 4) is 0 Å². The monoisotopic (exact) mass is 315 g/mol. The maximum atomic E-state index is 12.0. The summed E-state index contributed by atoms with van der Waals surface area (Å²) in [6.07, 6.45) is 5.53. The summed E-state index contributed by atoms with van der Waals surface area (Å²) in [6, 6.07) is 2.31. The second-order valence-electron chi connectivity index (χ2n) is 5.57. The van der Waals surface area contributed by atoms with Crippen LogP contribution in [0.1, 0.15) is 49.6 Å². The maximum absolute atomic E-state index is 12.0. The molecule has 6 nitrogen and oxygen atoms in total. The molecule has 21 heavy (non-hydrogen) atoms. The van der Waals surface area contributed by atoms with Crippen LogP contribution in [-0.4, -0.2) is 26.0 Å². The Morgan fingerprint density at radius 3 is 2.43 bits per heavy atom. The molecule has 2 N–H and O–H groups in total. The quantitative estimate of drug-likeness (QED) is 0.840. The Morgan fingerprint density at radius 1 is 1.29 bits per heavy atom. The van der Waals surface area contributed by atoms with Crippen molar-refractivity contribution in [1.82, 2.24) is 4.72 Å². The third-order valence-corrected chi connectivity index (χ3v) is 5.46. The SMILES string of the molecule is CCC1CCC(CNS(=O)(=O)c2ccc(C(=O)O)o2)CC1. The molecule has 0 atom stereocenters. The van der Waals surface area contributed by atoms with E-state index in [1.807, 2.05) is 0 Å². The molecule has 0 amide bonds. The molecule has 7 heteroatoms. The lowest BCUT2D eigenvalue weighted by atomic mass is 9.81. The smallest absolute Gasteiger partial charge is 0.371 e. The van der Waals surface area contributed by atoms with Crippen LogP contribution in [0.4, 0.5) is 0 Å². The largest absolute Gasteiger partial charge is 0.475 e. The van der Waals surface area contributed by atoms with Gasteiger partial charge >= 0.3 is 5.97 Å². The van der Waals surface area contributed by atoms with E-state index in [0.717, 1.165) is 37.7 Å². The first-order chi connectivity index (χ1) is 9.92. The zero-order chi connectivity index (χ0) is 15.5. The standard InChI is InChI=1S/C14H21NO5S/c1-2-10-3-5-11(6-4-10)9-15-21(18,19)13-8-7-12(20-13)14(16)17/h7-8,10-11,15H,2-6,9H2,1H3,(H,16,17). The number of hydrogen-bond acceptors (Lipinski definition) is 4. The van der Waals surface area contributed by atoms with Crippen molar-refractivity contribution in [1.29, 1.82) is 0 Å². The topological polar surface area (TPSA) is 96.6 Å². The Hall–Kier alpha value is -1.34. The molecule has 1 aromatic heterocycles. The Kier molecular flexibility index (Phi) is 5.05. The minimum Gasteiger partial charge on any atom is -0.475 e. The average Bonchev–Trinajstić information content (AvgIpc) is 2.97. The van der Waals surface area contributed by atoms with Crippen molar-refractivity contribution in [3.63, 3.8) is 0 Å². The normalized spacial score (nSPS) is 23.1. The van der Waals surface area contributed by atoms with Gasteiger partial charge in [0.2, 0.25) is 10.9 Å². The first-order valence-electron chi connectivity index (χ1n) is 7.25. The van der Waals surface area contributed by atoms with Gasteiger partial charge < -0.3 is 9.52 Å². The maximum Gasteiger partial charge on any atom is 0.371 e. The second kappa shape index (κ2) is 6.62. The van der Waals surface area contributed by atoms with Gasteiger partial charge in [0, 0.05) is 6.54 Å². The van der Waals surface area contributed by atoms with Crippen LogP contribution >= 0.6 is 0 Å². The summed E-state index contributed by atoms with van der Waals surface area (Å²) < 4.78 is 31.4. The highest BCUT2D eigenvalue weighted by molar-refractivity contribution is 7.89. The van der Waals surface area contributed by atoms with Gasteiger partial charge in [-0.3, -0.25) is 0 Å². The van der Waals surface area contributed by atoms with Gasteiger partial charge in [0.1, 0.15) is 0 Å². The van der Waals surface area contributed by atoms with Crippen LogP contribution < -0.4 is 4.72 Å². The summed E-state index contributed by atoms with van der Waals surface area (Å²) in [5, 5.41) is 8.39. The van der Waals surface area contributed by atoms with Crippen LogP contribution in [0.3, 0.4) is 0 Å². The van der Waals surface area contributed by atoms with Crippen LogP contribution in [0.25, 0.3) is 0 Å². The molecule has 1 saturated carbocycles. The molecule has 1 aromatic rings. The summed E-state index contributed by atoms with van der Waals surface area (Å²) in [5.41, 5.74) is 0. The Balaban J connectivity index is 1.91. The minimum absolute atomic E-state index is 0.344.